The summed E-state index contributed by atoms with van der Waals surface area (Å²) in [6.45, 7) is 2.25. The van der Waals surface area contributed by atoms with Crippen molar-refractivity contribution in [2.45, 2.75) is 13.5 Å². The molecule has 0 amide bonds. The molecule has 0 unspecified atom stereocenters. The first-order valence-corrected chi connectivity index (χ1v) is 7.18. The molecule has 0 radical (unpaired) electrons. The van der Waals surface area contributed by atoms with Crippen molar-refractivity contribution in [1.29, 1.82) is 0 Å². The molecule has 0 spiro atoms. The maximum absolute atomic E-state index is 12.0. The number of pyridine rings is 1. The summed E-state index contributed by atoms with van der Waals surface area (Å²) in [5.41, 5.74) is 3.82. The molecule has 0 bridgehead atoms. The predicted molar refractivity (Wildman–Crippen MR) is 84.0 cm³/mol. The summed E-state index contributed by atoms with van der Waals surface area (Å²) < 4.78 is 11.9. The Morgan fingerprint density at radius 3 is 2.83 bits per heavy atom. The fourth-order valence-corrected chi connectivity index (χ4v) is 2.44. The van der Waals surface area contributed by atoms with Crippen LogP contribution in [0.5, 0.6) is 0 Å². The molecule has 1 aromatic carbocycles. The topological polar surface area (TPSA) is 74.1 Å². The van der Waals surface area contributed by atoms with Crippen LogP contribution < -0.4 is 5.76 Å². The van der Waals surface area contributed by atoms with Gasteiger partial charge in [-0.15, -0.1) is 0 Å². The molecule has 4 rings (SSSR count). The lowest BCUT2D eigenvalue weighted by Gasteiger charge is -1.96. The van der Waals surface area contributed by atoms with Gasteiger partial charge in [0.2, 0.25) is 0 Å². The zero-order chi connectivity index (χ0) is 15.8. The number of hydrogen-bond donors (Lipinski definition) is 0. The van der Waals surface area contributed by atoms with Gasteiger partial charge in [-0.1, -0.05) is 35.0 Å². The van der Waals surface area contributed by atoms with Gasteiger partial charge >= 0.3 is 5.76 Å². The molecule has 0 saturated carbocycles. The molecule has 4 aromatic rings. The minimum atomic E-state index is -0.466. The van der Waals surface area contributed by atoms with Crippen LogP contribution in [0, 0.1) is 6.92 Å². The number of aryl methyl sites for hydroxylation is 1. The van der Waals surface area contributed by atoms with Gasteiger partial charge in [0.05, 0.1) is 6.54 Å². The zero-order valence-electron chi connectivity index (χ0n) is 12.4. The molecule has 0 aliphatic rings. The average Bonchev–Trinajstić information content (AvgIpc) is 3.14. The van der Waals surface area contributed by atoms with Crippen LogP contribution in [-0.2, 0) is 6.54 Å². The van der Waals surface area contributed by atoms with Crippen molar-refractivity contribution >= 4 is 11.2 Å². The number of benzene rings is 1. The fraction of sp³-hybridized carbons (Fsp3) is 0.118. The van der Waals surface area contributed by atoms with Gasteiger partial charge in [-0.05, 0) is 19.1 Å². The van der Waals surface area contributed by atoms with Crippen molar-refractivity contribution in [2.75, 3.05) is 0 Å². The maximum Gasteiger partial charge on any atom is 0.421 e. The standard InChI is InChI=1S/C17H13N3O3/c1-11-4-6-12(7-5-11)14-9-13(23-19-14)10-20-16-15(22-17(20)21)3-2-8-18-16/h2-9H,10H2,1H3. The summed E-state index contributed by atoms with van der Waals surface area (Å²) in [7, 11) is 0. The Morgan fingerprint density at radius 2 is 2.00 bits per heavy atom. The van der Waals surface area contributed by atoms with E-state index in [9.17, 15) is 4.79 Å². The SMILES string of the molecule is Cc1ccc(-c2cc(Cn3c(=O)oc4cccnc43)on2)cc1. The van der Waals surface area contributed by atoms with Crippen LogP contribution >= 0.6 is 0 Å². The molecular weight excluding hydrogens is 294 g/mol. The summed E-state index contributed by atoms with van der Waals surface area (Å²) in [5, 5.41) is 4.06. The van der Waals surface area contributed by atoms with Gasteiger partial charge in [-0.3, -0.25) is 4.57 Å². The maximum atomic E-state index is 12.0. The highest BCUT2D eigenvalue weighted by atomic mass is 16.5. The van der Waals surface area contributed by atoms with Crippen molar-refractivity contribution in [3.63, 3.8) is 0 Å². The third-order valence-corrected chi connectivity index (χ3v) is 3.64. The molecule has 6 nitrogen and oxygen atoms in total. The molecule has 3 heterocycles. The summed E-state index contributed by atoms with van der Waals surface area (Å²) in [6.07, 6.45) is 1.62. The minimum absolute atomic E-state index is 0.224. The Hall–Kier alpha value is -3.15. The van der Waals surface area contributed by atoms with Crippen LogP contribution in [0.25, 0.3) is 22.5 Å². The van der Waals surface area contributed by atoms with Crippen LogP contribution in [0.1, 0.15) is 11.3 Å². The first kappa shape index (κ1) is 13.5. The van der Waals surface area contributed by atoms with E-state index < -0.39 is 5.76 Å². The van der Waals surface area contributed by atoms with E-state index in [0.717, 1.165) is 11.3 Å². The minimum Gasteiger partial charge on any atom is -0.406 e. The molecule has 3 aromatic heterocycles. The van der Waals surface area contributed by atoms with Crippen molar-refractivity contribution < 1.29 is 8.94 Å². The number of fused-ring (bicyclic) bond motifs is 1. The van der Waals surface area contributed by atoms with Gasteiger partial charge in [0.15, 0.2) is 17.0 Å². The highest BCUT2D eigenvalue weighted by molar-refractivity contribution is 5.67. The van der Waals surface area contributed by atoms with E-state index in [1.165, 1.54) is 10.1 Å². The van der Waals surface area contributed by atoms with Gasteiger partial charge in [-0.25, -0.2) is 9.78 Å². The zero-order valence-corrected chi connectivity index (χ0v) is 12.4. The number of aromatic nitrogens is 3. The average molecular weight is 307 g/mol. The molecule has 23 heavy (non-hydrogen) atoms. The molecule has 0 fully saturated rings. The quantitative estimate of drug-likeness (QED) is 0.581. The molecular formula is C17H13N3O3. The van der Waals surface area contributed by atoms with Crippen molar-refractivity contribution in [3.8, 4) is 11.3 Å². The molecule has 0 saturated heterocycles. The van der Waals surface area contributed by atoms with E-state index >= 15 is 0 Å². The molecule has 0 aliphatic carbocycles. The Bertz CT molecular complexity index is 1030. The smallest absolute Gasteiger partial charge is 0.406 e. The highest BCUT2D eigenvalue weighted by Gasteiger charge is 2.13. The van der Waals surface area contributed by atoms with Crippen molar-refractivity contribution in [3.05, 3.63) is 70.5 Å². The van der Waals surface area contributed by atoms with E-state index in [2.05, 4.69) is 10.1 Å². The fourth-order valence-electron chi connectivity index (χ4n) is 2.44. The molecule has 6 heteroatoms. The second-order valence-corrected chi connectivity index (χ2v) is 5.32. The second-order valence-electron chi connectivity index (χ2n) is 5.32. The van der Waals surface area contributed by atoms with E-state index in [0.29, 0.717) is 17.0 Å². The van der Waals surface area contributed by atoms with Gasteiger partial charge < -0.3 is 8.94 Å². The number of oxazole rings is 1. The lowest BCUT2D eigenvalue weighted by atomic mass is 10.1. The van der Waals surface area contributed by atoms with Crippen LogP contribution in [-0.4, -0.2) is 14.7 Å². The Labute approximate surface area is 131 Å². The monoisotopic (exact) mass is 307 g/mol. The Balaban J connectivity index is 1.68. The predicted octanol–water partition coefficient (Wildman–Crippen LogP) is 3.00. The van der Waals surface area contributed by atoms with Crippen LogP contribution in [0.4, 0.5) is 0 Å². The van der Waals surface area contributed by atoms with Crippen LogP contribution in [0.3, 0.4) is 0 Å². The molecule has 0 atom stereocenters. The summed E-state index contributed by atoms with van der Waals surface area (Å²) in [6, 6.07) is 13.2. The van der Waals surface area contributed by atoms with Gasteiger partial charge in [-0.2, -0.15) is 0 Å². The van der Waals surface area contributed by atoms with E-state index in [4.69, 9.17) is 8.94 Å². The van der Waals surface area contributed by atoms with Crippen molar-refractivity contribution in [2.24, 2.45) is 0 Å². The second kappa shape index (κ2) is 5.24. The normalized spacial score (nSPS) is 11.2. The molecule has 0 N–H and O–H groups in total. The molecule has 0 aliphatic heterocycles. The third-order valence-electron chi connectivity index (χ3n) is 3.64. The van der Waals surface area contributed by atoms with Crippen LogP contribution in [0.15, 0.2) is 62.4 Å². The first-order valence-electron chi connectivity index (χ1n) is 7.18. The van der Waals surface area contributed by atoms with Gasteiger partial charge in [0.1, 0.15) is 5.69 Å². The highest BCUT2D eigenvalue weighted by Crippen LogP contribution is 2.20. The number of rotatable bonds is 3. The van der Waals surface area contributed by atoms with Crippen LogP contribution in [0.2, 0.25) is 0 Å². The Morgan fingerprint density at radius 1 is 1.17 bits per heavy atom. The first-order chi connectivity index (χ1) is 11.2. The van der Waals surface area contributed by atoms with E-state index in [-0.39, 0.29) is 6.54 Å². The van der Waals surface area contributed by atoms with Crippen molar-refractivity contribution in [1.82, 2.24) is 14.7 Å². The summed E-state index contributed by atoms with van der Waals surface area (Å²) in [5.74, 6) is 0.100. The van der Waals surface area contributed by atoms with Gasteiger partial charge in [0, 0.05) is 17.8 Å². The van der Waals surface area contributed by atoms with E-state index in [1.807, 2.05) is 37.3 Å². The number of nitrogens with zero attached hydrogens (tertiary/aromatic N) is 3. The third kappa shape index (κ3) is 2.44. The lowest BCUT2D eigenvalue weighted by Crippen LogP contribution is -2.15. The summed E-state index contributed by atoms with van der Waals surface area (Å²) in [4.78, 5) is 16.1. The lowest BCUT2D eigenvalue weighted by molar-refractivity contribution is 0.373. The molecule has 114 valence electrons. The van der Waals surface area contributed by atoms with E-state index in [1.54, 1.807) is 18.3 Å². The number of hydrogen-bond acceptors (Lipinski definition) is 5. The van der Waals surface area contributed by atoms with Gasteiger partial charge in [0.25, 0.3) is 0 Å². The largest absolute Gasteiger partial charge is 0.421 e. The Kier molecular flexibility index (Phi) is 3.08. The summed E-state index contributed by atoms with van der Waals surface area (Å²) >= 11 is 0.